The molecule has 0 aliphatic rings. The number of hydrogen-bond donors (Lipinski definition) is 1. The monoisotopic (exact) mass is 214 g/mol. The van der Waals surface area contributed by atoms with Crippen molar-refractivity contribution < 1.29 is 14.0 Å². The molecular formula is C10H15O3P. The lowest BCUT2D eigenvalue weighted by Gasteiger charge is -2.07. The molecule has 0 spiro atoms. The first kappa shape index (κ1) is 11.4. The van der Waals surface area contributed by atoms with Gasteiger partial charge in [-0.05, 0) is 17.0 Å². The summed E-state index contributed by atoms with van der Waals surface area (Å²) >= 11 is 0. The molecule has 1 atom stereocenters. The summed E-state index contributed by atoms with van der Waals surface area (Å²) in [7, 11) is -2.81. The Labute approximate surface area is 84.7 Å². The molecule has 0 aliphatic carbocycles. The second-order valence-corrected chi connectivity index (χ2v) is 4.27. The lowest BCUT2D eigenvalue weighted by Crippen LogP contribution is -1.91. The molecule has 0 saturated carbocycles. The van der Waals surface area contributed by atoms with Crippen LogP contribution < -0.4 is 0 Å². The molecule has 14 heavy (non-hydrogen) atoms. The van der Waals surface area contributed by atoms with Gasteiger partial charge in [0.2, 0.25) is 0 Å². The Morgan fingerprint density at radius 3 is 2.79 bits per heavy atom. The molecule has 78 valence electrons. The van der Waals surface area contributed by atoms with Gasteiger partial charge >= 0.3 is 8.25 Å². The molecular weight excluding hydrogens is 199 g/mol. The third-order valence-corrected chi connectivity index (χ3v) is 2.37. The van der Waals surface area contributed by atoms with Gasteiger partial charge in [-0.25, -0.2) is 0 Å². The predicted octanol–water partition coefficient (Wildman–Crippen LogP) is 2.71. The molecule has 0 aromatic heterocycles. The Morgan fingerprint density at radius 1 is 1.50 bits per heavy atom. The normalized spacial score (nSPS) is 13.1. The maximum Gasteiger partial charge on any atom is 0.316 e. The molecule has 1 N–H and O–H groups in total. The van der Waals surface area contributed by atoms with E-state index in [1.54, 1.807) is 0 Å². The Balaban J connectivity index is 2.68. The number of benzene rings is 1. The molecule has 0 bridgehead atoms. The van der Waals surface area contributed by atoms with Crippen LogP contribution in [0, 0.1) is 0 Å². The minimum absolute atomic E-state index is 0.203. The van der Waals surface area contributed by atoms with E-state index >= 15 is 0 Å². The van der Waals surface area contributed by atoms with Gasteiger partial charge in [0, 0.05) is 0 Å². The van der Waals surface area contributed by atoms with E-state index in [1.165, 1.54) is 5.56 Å². The second-order valence-electron chi connectivity index (χ2n) is 3.45. The average molecular weight is 214 g/mol. The zero-order valence-electron chi connectivity index (χ0n) is 8.36. The molecule has 1 unspecified atom stereocenters. The highest BCUT2D eigenvalue weighted by Gasteiger charge is 2.01. The van der Waals surface area contributed by atoms with E-state index < -0.39 is 8.25 Å². The van der Waals surface area contributed by atoms with Crippen molar-refractivity contribution in [2.75, 3.05) is 0 Å². The smallest absolute Gasteiger partial charge is 0.316 e. The van der Waals surface area contributed by atoms with Crippen LogP contribution in [-0.4, -0.2) is 4.89 Å². The summed E-state index contributed by atoms with van der Waals surface area (Å²) in [6.45, 7) is 4.42. The molecule has 0 amide bonds. The molecule has 4 heteroatoms. The molecule has 0 fully saturated rings. The van der Waals surface area contributed by atoms with Crippen molar-refractivity contribution >= 4 is 8.25 Å². The Bertz CT molecular complexity index is 323. The van der Waals surface area contributed by atoms with Crippen LogP contribution in [0.1, 0.15) is 30.9 Å². The van der Waals surface area contributed by atoms with Gasteiger partial charge in [-0.15, -0.1) is 0 Å². The van der Waals surface area contributed by atoms with Crippen molar-refractivity contribution in [2.24, 2.45) is 0 Å². The van der Waals surface area contributed by atoms with Crippen molar-refractivity contribution in [1.82, 2.24) is 0 Å². The minimum atomic E-state index is -2.81. The van der Waals surface area contributed by atoms with Gasteiger partial charge in [0.1, 0.15) is 0 Å². The van der Waals surface area contributed by atoms with Gasteiger partial charge in [-0.2, -0.15) is 0 Å². The molecule has 0 saturated heterocycles. The molecule has 1 aromatic rings. The van der Waals surface area contributed by atoms with Crippen LogP contribution in [0.25, 0.3) is 0 Å². The van der Waals surface area contributed by atoms with Crippen LogP contribution >= 0.6 is 8.25 Å². The van der Waals surface area contributed by atoms with Gasteiger partial charge < -0.3 is 9.42 Å². The highest BCUT2D eigenvalue weighted by molar-refractivity contribution is 7.32. The van der Waals surface area contributed by atoms with Crippen LogP contribution in [0.2, 0.25) is 0 Å². The largest absolute Gasteiger partial charge is 0.326 e. The van der Waals surface area contributed by atoms with E-state index in [0.29, 0.717) is 5.92 Å². The van der Waals surface area contributed by atoms with Crippen molar-refractivity contribution in [3.05, 3.63) is 35.4 Å². The van der Waals surface area contributed by atoms with Crippen LogP contribution in [-0.2, 0) is 15.7 Å². The molecule has 3 nitrogen and oxygen atoms in total. The van der Waals surface area contributed by atoms with E-state index in [4.69, 9.17) is 4.89 Å². The second kappa shape index (κ2) is 5.30. The van der Waals surface area contributed by atoms with E-state index in [9.17, 15) is 4.57 Å². The van der Waals surface area contributed by atoms with Crippen LogP contribution in [0.15, 0.2) is 24.3 Å². The van der Waals surface area contributed by atoms with Gasteiger partial charge in [-0.1, -0.05) is 38.1 Å². The third-order valence-electron chi connectivity index (χ3n) is 1.98. The first-order valence-electron chi connectivity index (χ1n) is 4.54. The van der Waals surface area contributed by atoms with Crippen LogP contribution in [0.5, 0.6) is 0 Å². The lowest BCUT2D eigenvalue weighted by atomic mass is 10.0. The van der Waals surface area contributed by atoms with Crippen molar-refractivity contribution in [3.8, 4) is 0 Å². The molecule has 0 aliphatic heterocycles. The summed E-state index contributed by atoms with van der Waals surface area (Å²) in [5.41, 5.74) is 2.15. The molecule has 0 heterocycles. The third kappa shape index (κ3) is 3.62. The minimum Gasteiger partial charge on any atom is -0.326 e. The van der Waals surface area contributed by atoms with Crippen LogP contribution in [0.4, 0.5) is 0 Å². The van der Waals surface area contributed by atoms with Crippen molar-refractivity contribution in [1.29, 1.82) is 0 Å². The molecule has 1 aromatic carbocycles. The van der Waals surface area contributed by atoms with Gasteiger partial charge in [0.25, 0.3) is 0 Å². The summed E-state index contributed by atoms with van der Waals surface area (Å²) in [6, 6.07) is 7.85. The Kier molecular flexibility index (Phi) is 4.33. The summed E-state index contributed by atoms with van der Waals surface area (Å²) in [5.74, 6) is 0.459. The quantitative estimate of drug-likeness (QED) is 0.784. The zero-order chi connectivity index (χ0) is 10.6. The first-order chi connectivity index (χ1) is 6.59. The highest BCUT2D eigenvalue weighted by atomic mass is 31.1. The number of hydrogen-bond acceptors (Lipinski definition) is 2. The summed E-state index contributed by atoms with van der Waals surface area (Å²) in [6.07, 6.45) is 0. The SMILES string of the molecule is CC(C)c1cccc(CO[PH](=O)O)c1. The fourth-order valence-electron chi connectivity index (χ4n) is 1.19. The fourth-order valence-corrected chi connectivity index (χ4v) is 1.48. The van der Waals surface area contributed by atoms with E-state index in [2.05, 4.69) is 18.4 Å². The maximum absolute atomic E-state index is 10.4. The zero-order valence-corrected chi connectivity index (χ0v) is 9.36. The van der Waals surface area contributed by atoms with Crippen LogP contribution in [0.3, 0.4) is 0 Å². The number of rotatable bonds is 4. The Morgan fingerprint density at radius 2 is 2.21 bits per heavy atom. The van der Waals surface area contributed by atoms with Gasteiger partial charge in [0.15, 0.2) is 0 Å². The lowest BCUT2D eigenvalue weighted by molar-refractivity contribution is 0.272. The topological polar surface area (TPSA) is 46.5 Å². The van der Waals surface area contributed by atoms with Crippen molar-refractivity contribution in [3.63, 3.8) is 0 Å². The van der Waals surface area contributed by atoms with Gasteiger partial charge in [-0.3, -0.25) is 4.57 Å². The highest BCUT2D eigenvalue weighted by Crippen LogP contribution is 2.20. The van der Waals surface area contributed by atoms with Gasteiger partial charge in [0.05, 0.1) is 6.61 Å². The van der Waals surface area contributed by atoms with Crippen molar-refractivity contribution in [2.45, 2.75) is 26.4 Å². The molecule has 0 radical (unpaired) electrons. The first-order valence-corrected chi connectivity index (χ1v) is 5.80. The maximum atomic E-state index is 10.4. The predicted molar refractivity (Wildman–Crippen MR) is 56.5 cm³/mol. The standard InChI is InChI=1S/C10H15O3P/c1-8(2)10-5-3-4-9(6-10)7-13-14(11)12/h3-6,8,14H,7H2,1-2H3,(H,11,12). The summed E-state index contributed by atoms with van der Waals surface area (Å²) in [5, 5.41) is 0. The van der Waals surface area contributed by atoms with E-state index in [-0.39, 0.29) is 6.61 Å². The summed E-state index contributed by atoms with van der Waals surface area (Å²) in [4.78, 5) is 8.52. The summed E-state index contributed by atoms with van der Waals surface area (Å²) < 4.78 is 15.0. The fraction of sp³-hybridized carbons (Fsp3) is 0.400. The van der Waals surface area contributed by atoms with E-state index in [0.717, 1.165) is 5.56 Å². The average Bonchev–Trinajstić information content (AvgIpc) is 2.15. The Hall–Kier alpha value is -0.630. The van der Waals surface area contributed by atoms with E-state index in [1.807, 2.05) is 24.3 Å². The molecule has 1 rings (SSSR count).